The molecule has 0 aliphatic rings. The van der Waals surface area contributed by atoms with E-state index in [9.17, 15) is 22.7 Å². The number of benzene rings is 1. The Balaban J connectivity index is 2.52. The van der Waals surface area contributed by atoms with Gasteiger partial charge in [0.15, 0.2) is 0 Å². The van der Waals surface area contributed by atoms with Crippen LogP contribution in [0.3, 0.4) is 0 Å². The fourth-order valence-electron chi connectivity index (χ4n) is 2.31. The van der Waals surface area contributed by atoms with E-state index in [4.69, 9.17) is 4.42 Å². The van der Waals surface area contributed by atoms with Gasteiger partial charge < -0.3 is 9.52 Å². The average molecular weight is 302 g/mol. The molecule has 0 fully saturated rings. The van der Waals surface area contributed by atoms with Crippen LogP contribution in [0.1, 0.15) is 39.9 Å². The van der Waals surface area contributed by atoms with Crippen molar-refractivity contribution in [3.8, 4) is 0 Å². The summed E-state index contributed by atoms with van der Waals surface area (Å²) in [5, 5.41) is 10.3. The first-order valence-corrected chi connectivity index (χ1v) is 6.24. The first-order chi connectivity index (χ1) is 9.62. The highest BCUT2D eigenvalue weighted by Crippen LogP contribution is 2.36. The maximum atomic E-state index is 13.3. The molecule has 0 amide bonds. The summed E-state index contributed by atoms with van der Waals surface area (Å²) in [7, 11) is 0. The van der Waals surface area contributed by atoms with Crippen molar-refractivity contribution in [3.63, 3.8) is 0 Å². The molecule has 0 aliphatic heterocycles. The van der Waals surface area contributed by atoms with E-state index in [0.717, 1.165) is 6.07 Å². The van der Waals surface area contributed by atoms with Gasteiger partial charge in [0.05, 0.1) is 5.56 Å². The number of rotatable bonds is 2. The number of aliphatic hydroxyl groups excluding tert-OH is 1. The minimum Gasteiger partial charge on any atom is -0.466 e. The third-order valence-corrected chi connectivity index (χ3v) is 3.50. The molecule has 1 atom stereocenters. The van der Waals surface area contributed by atoms with Crippen LogP contribution in [0.25, 0.3) is 0 Å². The molecular weight excluding hydrogens is 288 g/mol. The van der Waals surface area contributed by atoms with Crippen molar-refractivity contribution in [2.75, 3.05) is 0 Å². The summed E-state index contributed by atoms with van der Waals surface area (Å²) in [6, 6.07) is 2.47. The van der Waals surface area contributed by atoms with Crippen LogP contribution in [-0.4, -0.2) is 5.11 Å². The average Bonchev–Trinajstić information content (AvgIpc) is 2.61. The van der Waals surface area contributed by atoms with Gasteiger partial charge >= 0.3 is 6.18 Å². The van der Waals surface area contributed by atoms with Crippen LogP contribution < -0.4 is 0 Å². The lowest BCUT2D eigenvalue weighted by Gasteiger charge is -2.15. The van der Waals surface area contributed by atoms with Crippen LogP contribution in [0.2, 0.25) is 0 Å². The van der Waals surface area contributed by atoms with E-state index < -0.39 is 23.7 Å². The summed E-state index contributed by atoms with van der Waals surface area (Å²) < 4.78 is 56.8. The predicted molar refractivity (Wildman–Crippen MR) is 68.4 cm³/mol. The molecule has 2 rings (SSSR count). The fourth-order valence-corrected chi connectivity index (χ4v) is 2.31. The van der Waals surface area contributed by atoms with Crippen molar-refractivity contribution in [1.82, 2.24) is 0 Å². The molecule has 1 aromatic carbocycles. The zero-order valence-corrected chi connectivity index (χ0v) is 11.7. The topological polar surface area (TPSA) is 33.4 Å². The Kier molecular flexibility index (Phi) is 3.84. The second-order valence-corrected chi connectivity index (χ2v) is 4.89. The smallest absolute Gasteiger partial charge is 0.419 e. The summed E-state index contributed by atoms with van der Waals surface area (Å²) in [4.78, 5) is 0. The van der Waals surface area contributed by atoms with E-state index in [2.05, 4.69) is 0 Å². The number of aliphatic hydroxyl groups is 1. The number of aryl methyl sites for hydroxylation is 2. The van der Waals surface area contributed by atoms with Crippen molar-refractivity contribution in [1.29, 1.82) is 0 Å². The van der Waals surface area contributed by atoms with Gasteiger partial charge in [0, 0.05) is 5.56 Å². The Bertz CT molecular complexity index is 671. The molecule has 0 spiro atoms. The standard InChI is InChI=1S/C15H14F4O2/c1-7-8(2)21-9(3)13(7)14(20)10-4-5-12(16)11(6-10)15(17,18)19/h4-6,14,20H,1-3H3. The Morgan fingerprint density at radius 2 is 1.71 bits per heavy atom. The highest BCUT2D eigenvalue weighted by atomic mass is 19.4. The van der Waals surface area contributed by atoms with Crippen molar-refractivity contribution in [2.24, 2.45) is 0 Å². The second kappa shape index (κ2) is 5.18. The van der Waals surface area contributed by atoms with E-state index in [1.165, 1.54) is 0 Å². The zero-order valence-electron chi connectivity index (χ0n) is 11.7. The molecule has 1 aromatic heterocycles. The SMILES string of the molecule is Cc1oc(C)c(C(O)c2ccc(F)c(C(F)(F)F)c2)c1C. The van der Waals surface area contributed by atoms with Crippen LogP contribution >= 0.6 is 0 Å². The van der Waals surface area contributed by atoms with Crippen molar-refractivity contribution < 1.29 is 27.1 Å². The molecule has 0 radical (unpaired) electrons. The van der Waals surface area contributed by atoms with Crippen LogP contribution in [0.15, 0.2) is 22.6 Å². The number of furan rings is 1. The van der Waals surface area contributed by atoms with E-state index in [0.29, 0.717) is 34.8 Å². The molecule has 6 heteroatoms. The summed E-state index contributed by atoms with van der Waals surface area (Å²) in [6.45, 7) is 5.02. The third-order valence-electron chi connectivity index (χ3n) is 3.50. The molecule has 1 N–H and O–H groups in total. The van der Waals surface area contributed by atoms with Gasteiger partial charge in [-0.25, -0.2) is 4.39 Å². The predicted octanol–water partition coefficient (Wildman–Crippen LogP) is 4.44. The van der Waals surface area contributed by atoms with Gasteiger partial charge in [-0.3, -0.25) is 0 Å². The molecule has 1 heterocycles. The third kappa shape index (κ3) is 2.81. The Morgan fingerprint density at radius 3 is 2.19 bits per heavy atom. The molecule has 1 unspecified atom stereocenters. The van der Waals surface area contributed by atoms with Crippen LogP contribution in [0.5, 0.6) is 0 Å². The Morgan fingerprint density at radius 1 is 1.10 bits per heavy atom. The summed E-state index contributed by atoms with van der Waals surface area (Å²) in [6.07, 6.45) is -6.11. The van der Waals surface area contributed by atoms with Gasteiger partial charge in [-0.15, -0.1) is 0 Å². The maximum absolute atomic E-state index is 13.3. The van der Waals surface area contributed by atoms with Gasteiger partial charge in [0.2, 0.25) is 0 Å². The minimum absolute atomic E-state index is 0.0317. The van der Waals surface area contributed by atoms with Crippen LogP contribution in [0.4, 0.5) is 17.6 Å². The lowest BCUT2D eigenvalue weighted by atomic mass is 9.96. The van der Waals surface area contributed by atoms with Crippen molar-refractivity contribution >= 4 is 0 Å². The highest BCUT2D eigenvalue weighted by Gasteiger charge is 2.35. The molecule has 21 heavy (non-hydrogen) atoms. The van der Waals surface area contributed by atoms with Gasteiger partial charge in [0.25, 0.3) is 0 Å². The molecule has 0 saturated carbocycles. The lowest BCUT2D eigenvalue weighted by Crippen LogP contribution is -2.10. The first kappa shape index (κ1) is 15.6. The largest absolute Gasteiger partial charge is 0.466 e. The van der Waals surface area contributed by atoms with Crippen molar-refractivity contribution in [3.05, 3.63) is 57.8 Å². The summed E-state index contributed by atoms with van der Waals surface area (Å²) in [5.74, 6) is -0.356. The van der Waals surface area contributed by atoms with Crippen molar-refractivity contribution in [2.45, 2.75) is 33.1 Å². The van der Waals surface area contributed by atoms with Crippen LogP contribution in [-0.2, 0) is 6.18 Å². The maximum Gasteiger partial charge on any atom is 0.419 e. The second-order valence-electron chi connectivity index (χ2n) is 4.89. The van der Waals surface area contributed by atoms with E-state index in [-0.39, 0.29) is 5.56 Å². The van der Waals surface area contributed by atoms with E-state index >= 15 is 0 Å². The van der Waals surface area contributed by atoms with Gasteiger partial charge in [-0.1, -0.05) is 6.07 Å². The highest BCUT2D eigenvalue weighted by molar-refractivity contribution is 5.40. The summed E-state index contributed by atoms with van der Waals surface area (Å²) >= 11 is 0. The Labute approximate surface area is 119 Å². The molecule has 0 aliphatic carbocycles. The number of alkyl halides is 3. The number of hydrogen-bond acceptors (Lipinski definition) is 2. The molecule has 2 aromatic rings. The van der Waals surface area contributed by atoms with Gasteiger partial charge in [0.1, 0.15) is 23.4 Å². The Hall–Kier alpha value is -1.82. The minimum atomic E-state index is -4.81. The number of halogens is 4. The quantitative estimate of drug-likeness (QED) is 0.832. The monoisotopic (exact) mass is 302 g/mol. The van der Waals surface area contributed by atoms with Gasteiger partial charge in [-0.2, -0.15) is 13.2 Å². The molecule has 2 nitrogen and oxygen atoms in total. The normalized spacial score (nSPS) is 13.5. The summed E-state index contributed by atoms with van der Waals surface area (Å²) in [5.41, 5.74) is -0.351. The van der Waals surface area contributed by atoms with E-state index in [1.54, 1.807) is 20.8 Å². The van der Waals surface area contributed by atoms with Crippen LogP contribution in [0, 0.1) is 26.6 Å². The molecule has 114 valence electrons. The van der Waals surface area contributed by atoms with Gasteiger partial charge in [-0.05, 0) is 44.0 Å². The zero-order chi connectivity index (χ0) is 15.9. The van der Waals surface area contributed by atoms with E-state index in [1.807, 2.05) is 0 Å². The molecular formula is C15H14F4O2. The first-order valence-electron chi connectivity index (χ1n) is 6.24. The molecule has 0 saturated heterocycles. The molecule has 0 bridgehead atoms. The fraction of sp³-hybridized carbons (Fsp3) is 0.333. The lowest BCUT2D eigenvalue weighted by molar-refractivity contribution is -0.140. The number of hydrogen-bond donors (Lipinski definition) is 1.